The lowest BCUT2D eigenvalue weighted by Gasteiger charge is -2.16. The Morgan fingerprint density at radius 1 is 1.71 bits per heavy atom. The number of hydrogen-bond acceptors (Lipinski definition) is 5. The highest BCUT2D eigenvalue weighted by atomic mass is 19.1. The van der Waals surface area contributed by atoms with Crippen LogP contribution in [0.2, 0.25) is 0 Å². The summed E-state index contributed by atoms with van der Waals surface area (Å²) < 4.78 is 32.5. The molecule has 94 valence electrons. The quantitative estimate of drug-likeness (QED) is 0.741. The first kappa shape index (κ1) is 11.9. The summed E-state index contributed by atoms with van der Waals surface area (Å²) in [7, 11) is 0. The van der Waals surface area contributed by atoms with Crippen molar-refractivity contribution >= 4 is 5.82 Å². The van der Waals surface area contributed by atoms with E-state index in [0.29, 0.717) is 4.57 Å². The van der Waals surface area contributed by atoms with Gasteiger partial charge in [-0.15, -0.1) is 0 Å². The molecule has 17 heavy (non-hydrogen) atoms. The Labute approximate surface area is 94.6 Å². The number of halogens is 2. The fraction of sp³-hybridized carbons (Fsp3) is 0.556. The van der Waals surface area contributed by atoms with Gasteiger partial charge < -0.3 is 15.6 Å². The number of nitrogen functional groups attached to an aromatic ring is 1. The molecule has 0 bridgehead atoms. The Kier molecular flexibility index (Phi) is 3.07. The molecule has 0 amide bonds. The minimum absolute atomic E-state index is 0.0560. The van der Waals surface area contributed by atoms with Gasteiger partial charge in [-0.3, -0.25) is 4.57 Å². The molecule has 1 saturated heterocycles. The highest BCUT2D eigenvalue weighted by molar-refractivity contribution is 5.26. The third kappa shape index (κ3) is 2.13. The van der Waals surface area contributed by atoms with E-state index in [-0.39, 0.29) is 13.0 Å². The Morgan fingerprint density at radius 3 is 3.00 bits per heavy atom. The van der Waals surface area contributed by atoms with Crippen molar-refractivity contribution in [2.75, 3.05) is 12.3 Å². The average molecular weight is 247 g/mol. The average Bonchev–Trinajstić information content (AvgIpc) is 2.65. The first-order chi connectivity index (χ1) is 8.02. The number of nitrogens with two attached hydrogens (primary N) is 1. The van der Waals surface area contributed by atoms with Crippen molar-refractivity contribution in [3.63, 3.8) is 0 Å². The largest absolute Gasteiger partial charge is 0.394 e. The second-order valence-electron chi connectivity index (χ2n) is 3.75. The number of aliphatic hydroxyl groups is 1. The smallest absolute Gasteiger partial charge is 0.351 e. The van der Waals surface area contributed by atoms with Crippen LogP contribution in [0.1, 0.15) is 12.6 Å². The lowest BCUT2D eigenvalue weighted by atomic mass is 10.2. The van der Waals surface area contributed by atoms with E-state index >= 15 is 0 Å². The number of aliphatic hydroxyl groups excluding tert-OH is 1. The predicted molar refractivity (Wildman–Crippen MR) is 53.4 cm³/mol. The van der Waals surface area contributed by atoms with E-state index in [4.69, 9.17) is 15.6 Å². The van der Waals surface area contributed by atoms with E-state index < -0.39 is 35.8 Å². The highest BCUT2D eigenvalue weighted by Gasteiger charge is 2.37. The van der Waals surface area contributed by atoms with Crippen LogP contribution in [0.4, 0.5) is 14.6 Å². The summed E-state index contributed by atoms with van der Waals surface area (Å²) >= 11 is 0. The van der Waals surface area contributed by atoms with Crippen molar-refractivity contribution in [2.45, 2.75) is 24.9 Å². The highest BCUT2D eigenvalue weighted by Crippen LogP contribution is 2.30. The summed E-state index contributed by atoms with van der Waals surface area (Å²) in [6.45, 7) is -0.365. The van der Waals surface area contributed by atoms with Gasteiger partial charge in [0.1, 0.15) is 6.17 Å². The molecule has 0 unspecified atom stereocenters. The lowest BCUT2D eigenvalue weighted by Crippen LogP contribution is -2.31. The first-order valence-corrected chi connectivity index (χ1v) is 4.97. The van der Waals surface area contributed by atoms with Crippen LogP contribution in [0.15, 0.2) is 11.0 Å². The molecule has 3 N–H and O–H groups in total. The molecular formula is C9H11F2N3O3. The number of ether oxygens (including phenoxy) is 1. The van der Waals surface area contributed by atoms with Crippen molar-refractivity contribution in [3.05, 3.63) is 22.5 Å². The maximum absolute atomic E-state index is 13.5. The third-order valence-corrected chi connectivity index (χ3v) is 2.54. The maximum atomic E-state index is 13.5. The van der Waals surface area contributed by atoms with Crippen LogP contribution in [0.5, 0.6) is 0 Å². The maximum Gasteiger partial charge on any atom is 0.351 e. The van der Waals surface area contributed by atoms with Gasteiger partial charge in [-0.25, -0.2) is 13.6 Å². The monoisotopic (exact) mass is 247 g/mol. The predicted octanol–water partition coefficient (Wildman–Crippen LogP) is -0.417. The molecule has 8 heteroatoms. The number of hydrogen-bond donors (Lipinski definition) is 2. The number of alkyl halides is 1. The normalized spacial score (nSPS) is 28.5. The molecule has 2 heterocycles. The fourth-order valence-corrected chi connectivity index (χ4v) is 1.70. The fourth-order valence-electron chi connectivity index (χ4n) is 1.70. The standard InChI is InChI=1S/C9H11F2N3O3/c10-5-1-4(3-15)17-8(5)14-2-6(11)7(12)13-9(14)16/h2,4-5,8,15H,1,3H2,(H2,12,13,16)/t4-,5-,8+/m1/s1. The van der Waals surface area contributed by atoms with Crippen LogP contribution in [-0.4, -0.2) is 33.5 Å². The lowest BCUT2D eigenvalue weighted by molar-refractivity contribution is -0.0397. The topological polar surface area (TPSA) is 90.4 Å². The molecule has 0 saturated carbocycles. The van der Waals surface area contributed by atoms with Crippen molar-refractivity contribution < 1.29 is 18.6 Å². The van der Waals surface area contributed by atoms with Crippen LogP contribution in [0.25, 0.3) is 0 Å². The molecule has 1 aliphatic rings. The second-order valence-corrected chi connectivity index (χ2v) is 3.75. The minimum Gasteiger partial charge on any atom is -0.394 e. The summed E-state index contributed by atoms with van der Waals surface area (Å²) in [5, 5.41) is 8.83. The zero-order valence-corrected chi connectivity index (χ0v) is 8.72. The van der Waals surface area contributed by atoms with Gasteiger partial charge in [-0.1, -0.05) is 0 Å². The molecule has 1 fully saturated rings. The Morgan fingerprint density at radius 2 is 2.41 bits per heavy atom. The third-order valence-electron chi connectivity index (χ3n) is 2.54. The summed E-state index contributed by atoms with van der Waals surface area (Å²) in [5.74, 6) is -1.47. The van der Waals surface area contributed by atoms with Crippen LogP contribution < -0.4 is 11.4 Å². The number of rotatable bonds is 2. The van der Waals surface area contributed by atoms with E-state index in [9.17, 15) is 13.6 Å². The molecule has 0 spiro atoms. The molecule has 0 aromatic carbocycles. The molecule has 1 aromatic heterocycles. The zero-order valence-electron chi connectivity index (χ0n) is 8.72. The molecule has 1 aliphatic heterocycles. The van der Waals surface area contributed by atoms with Gasteiger partial charge in [-0.2, -0.15) is 4.98 Å². The van der Waals surface area contributed by atoms with Crippen LogP contribution >= 0.6 is 0 Å². The van der Waals surface area contributed by atoms with Crippen LogP contribution in [0.3, 0.4) is 0 Å². The molecule has 0 radical (unpaired) electrons. The van der Waals surface area contributed by atoms with Gasteiger partial charge in [-0.05, 0) is 0 Å². The zero-order chi connectivity index (χ0) is 12.6. The number of anilines is 1. The van der Waals surface area contributed by atoms with Crippen molar-refractivity contribution in [1.29, 1.82) is 0 Å². The van der Waals surface area contributed by atoms with E-state index in [1.165, 1.54) is 0 Å². The molecular weight excluding hydrogens is 236 g/mol. The summed E-state index contributed by atoms with van der Waals surface area (Å²) in [5.41, 5.74) is 4.21. The SMILES string of the molecule is Nc1nc(=O)n([C@H]2O[C@@H](CO)C[C@H]2F)cc1F. The molecule has 6 nitrogen and oxygen atoms in total. The molecule has 1 aromatic rings. The minimum atomic E-state index is -1.50. The van der Waals surface area contributed by atoms with Crippen molar-refractivity contribution in [1.82, 2.24) is 9.55 Å². The Hall–Kier alpha value is -1.54. The van der Waals surface area contributed by atoms with Gasteiger partial charge in [0.25, 0.3) is 0 Å². The van der Waals surface area contributed by atoms with Gasteiger partial charge >= 0.3 is 5.69 Å². The molecule has 3 atom stereocenters. The second kappa shape index (κ2) is 4.38. The van der Waals surface area contributed by atoms with Gasteiger partial charge in [0.15, 0.2) is 17.9 Å². The van der Waals surface area contributed by atoms with Crippen LogP contribution in [-0.2, 0) is 4.74 Å². The summed E-state index contributed by atoms with van der Waals surface area (Å²) in [4.78, 5) is 14.6. The number of aromatic nitrogens is 2. The Balaban J connectivity index is 2.35. The summed E-state index contributed by atoms with van der Waals surface area (Å²) in [6.07, 6.45) is -2.79. The molecule has 0 aliphatic carbocycles. The van der Waals surface area contributed by atoms with Crippen LogP contribution in [0, 0.1) is 5.82 Å². The van der Waals surface area contributed by atoms with E-state index in [0.717, 1.165) is 6.20 Å². The van der Waals surface area contributed by atoms with E-state index in [2.05, 4.69) is 4.98 Å². The van der Waals surface area contributed by atoms with Gasteiger partial charge in [0.2, 0.25) is 0 Å². The molecule has 2 rings (SSSR count). The van der Waals surface area contributed by atoms with Gasteiger partial charge in [0.05, 0.1) is 18.9 Å². The Bertz CT molecular complexity index is 479. The summed E-state index contributed by atoms with van der Waals surface area (Å²) in [6, 6.07) is 0. The van der Waals surface area contributed by atoms with E-state index in [1.807, 2.05) is 0 Å². The van der Waals surface area contributed by atoms with E-state index in [1.54, 1.807) is 0 Å². The first-order valence-electron chi connectivity index (χ1n) is 4.97. The number of nitrogens with zero attached hydrogens (tertiary/aromatic N) is 2. The van der Waals surface area contributed by atoms with Crippen molar-refractivity contribution in [3.8, 4) is 0 Å². The van der Waals surface area contributed by atoms with Crippen molar-refractivity contribution in [2.24, 2.45) is 0 Å². The van der Waals surface area contributed by atoms with Gasteiger partial charge in [0, 0.05) is 6.42 Å².